The molecule has 4 radical (unpaired) electrons. The first-order valence-corrected chi connectivity index (χ1v) is 19.0. The van der Waals surface area contributed by atoms with Crippen LogP contribution in [0.5, 0.6) is 0 Å². The van der Waals surface area contributed by atoms with Crippen molar-refractivity contribution in [3.8, 4) is 22.3 Å². The van der Waals surface area contributed by atoms with Crippen molar-refractivity contribution >= 4 is 76.4 Å². The Morgan fingerprint density at radius 1 is 0.500 bits per heavy atom. The van der Waals surface area contributed by atoms with Crippen molar-refractivity contribution in [1.29, 1.82) is 0 Å². The summed E-state index contributed by atoms with van der Waals surface area (Å²) in [5, 5.41) is 2.35. The summed E-state index contributed by atoms with van der Waals surface area (Å²) in [7, 11) is 0. The highest BCUT2D eigenvalue weighted by Crippen LogP contribution is 2.36. The lowest BCUT2D eigenvalue weighted by Gasteiger charge is -2.19. The van der Waals surface area contributed by atoms with Crippen molar-refractivity contribution in [2.24, 2.45) is 0 Å². The molecule has 0 spiro atoms. The van der Waals surface area contributed by atoms with Gasteiger partial charge in [0.15, 0.2) is 0 Å². The van der Waals surface area contributed by atoms with Crippen LogP contribution in [0.4, 0.5) is 5.69 Å². The van der Waals surface area contributed by atoms with Gasteiger partial charge in [0.1, 0.15) is 0 Å². The molecule has 0 aliphatic carbocycles. The van der Waals surface area contributed by atoms with Crippen LogP contribution in [-0.2, 0) is 17.3 Å². The molecule has 0 unspecified atom stereocenters. The number of rotatable bonds is 4. The molecule has 7 heteroatoms. The first-order valence-electron chi connectivity index (χ1n) is 16.7. The molecule has 6 rings (SSSR count). The number of benzene rings is 6. The van der Waals surface area contributed by atoms with Crippen LogP contribution < -0.4 is 5.73 Å². The van der Waals surface area contributed by atoms with Crippen LogP contribution in [0.15, 0.2) is 138 Å². The van der Waals surface area contributed by atoms with Crippen molar-refractivity contribution in [1.82, 2.24) is 0 Å². The Kier molecular flexibility index (Phi) is 16.0. The Bertz CT molecular complexity index is 2000. The maximum atomic E-state index is 6.47. The Morgan fingerprint density at radius 2 is 0.904 bits per heavy atom. The zero-order valence-electron chi connectivity index (χ0n) is 30.5. The fraction of sp³-hybridized carbons (Fsp3) is 0.200. The molecule has 268 valence electrons. The van der Waals surface area contributed by atoms with Crippen molar-refractivity contribution in [3.63, 3.8) is 0 Å². The van der Waals surface area contributed by atoms with Crippen LogP contribution in [-0.4, -0.2) is 8.41 Å². The predicted octanol–water partition coefficient (Wildman–Crippen LogP) is 15.2. The Balaban J connectivity index is 0.000000230. The van der Waals surface area contributed by atoms with E-state index in [1.54, 1.807) is 0 Å². The standard InChI is InChI=1S/C23H22Cl2.C12H7BrCl2.C10H15N.B/c1-23(2,3)20-11-9-16(10-12-20)13-19-14-18(15-21(24)22(19)25)17-7-5-4-6-8-17;13-10-6-9(7-11(14)12(10)15)8-4-2-1-3-5-8;1-10(2,3)8-4-6-9(11)7-5-8;/h4-12,14-15H,13H2,1-3H3;1-7H;4-7H,11H2,1-3H3;/q;;;-1. The SMILES string of the molecule is CC(C)(C)c1ccc(Cc2cc(-c3ccccc3)cc(Cl)c2Cl)cc1.CC(C)(C)c1ccc(N)cc1.Clc1cc(-c2ccccc2)cc(Br)c1Cl.[B-]. The first kappa shape index (κ1) is 43.2. The van der Waals surface area contributed by atoms with Gasteiger partial charge in [-0.2, -0.15) is 0 Å². The minimum Gasteiger partial charge on any atom is -1.00 e. The number of halogens is 5. The zero-order chi connectivity index (χ0) is 37.3. The summed E-state index contributed by atoms with van der Waals surface area (Å²) in [6.07, 6.45) is 0.768. The Labute approximate surface area is 341 Å². The third-order valence-corrected chi connectivity index (χ3v) is 10.8. The van der Waals surface area contributed by atoms with E-state index in [-0.39, 0.29) is 19.2 Å². The molecule has 1 nitrogen and oxygen atoms in total. The molecule has 52 heavy (non-hydrogen) atoms. The smallest absolute Gasteiger partial charge is 0.0734 e. The molecule has 6 aromatic carbocycles. The van der Waals surface area contributed by atoms with Gasteiger partial charge in [0.25, 0.3) is 0 Å². The summed E-state index contributed by atoms with van der Waals surface area (Å²) in [5.41, 5.74) is 16.1. The van der Waals surface area contributed by atoms with E-state index in [4.69, 9.17) is 52.1 Å². The maximum Gasteiger partial charge on any atom is 0.0734 e. The third-order valence-electron chi connectivity index (χ3n) is 8.29. The van der Waals surface area contributed by atoms with E-state index in [0.29, 0.717) is 20.1 Å². The largest absolute Gasteiger partial charge is 1.00 e. The molecular formula is C45H44BBrCl4N-. The summed E-state index contributed by atoms with van der Waals surface area (Å²) < 4.78 is 0.815. The highest BCUT2D eigenvalue weighted by Gasteiger charge is 2.15. The number of nitrogen functional groups attached to an aromatic ring is 1. The van der Waals surface area contributed by atoms with Crippen LogP contribution in [0.1, 0.15) is 63.8 Å². The quantitative estimate of drug-likeness (QED) is 0.107. The molecular weight excluding hydrogens is 787 g/mol. The van der Waals surface area contributed by atoms with Crippen LogP contribution in [0.2, 0.25) is 20.1 Å². The van der Waals surface area contributed by atoms with Gasteiger partial charge in [0.05, 0.1) is 20.1 Å². The molecule has 0 fully saturated rings. The van der Waals surface area contributed by atoms with E-state index in [9.17, 15) is 0 Å². The lowest BCUT2D eigenvalue weighted by atomic mass is 9.86. The minimum atomic E-state index is 0. The van der Waals surface area contributed by atoms with Crippen LogP contribution in [0.3, 0.4) is 0 Å². The Hall–Kier alpha value is -3.18. The molecule has 0 saturated heterocycles. The van der Waals surface area contributed by atoms with E-state index in [1.807, 2.05) is 78.9 Å². The normalized spacial score (nSPS) is 11.0. The summed E-state index contributed by atoms with van der Waals surface area (Å²) in [6.45, 7) is 13.3. The van der Waals surface area contributed by atoms with E-state index in [2.05, 4.69) is 112 Å². The van der Waals surface area contributed by atoms with Gasteiger partial charge >= 0.3 is 0 Å². The minimum absolute atomic E-state index is 0. The van der Waals surface area contributed by atoms with Gasteiger partial charge in [-0.3, -0.25) is 0 Å². The van der Waals surface area contributed by atoms with Crippen LogP contribution in [0.25, 0.3) is 22.3 Å². The van der Waals surface area contributed by atoms with Gasteiger partial charge in [-0.1, -0.05) is 185 Å². The monoisotopic (exact) mass is 828 g/mol. The second kappa shape index (κ2) is 19.2. The molecule has 0 atom stereocenters. The van der Waals surface area contributed by atoms with Gasteiger partial charge < -0.3 is 14.1 Å². The van der Waals surface area contributed by atoms with Crippen LogP contribution in [0, 0.1) is 0 Å². The number of hydrogen-bond acceptors (Lipinski definition) is 1. The van der Waals surface area contributed by atoms with Gasteiger partial charge in [0, 0.05) is 10.2 Å². The molecule has 0 aliphatic rings. The lowest BCUT2D eigenvalue weighted by Crippen LogP contribution is -2.10. The zero-order valence-corrected chi connectivity index (χ0v) is 35.1. The lowest BCUT2D eigenvalue weighted by molar-refractivity contribution is 0.590. The van der Waals surface area contributed by atoms with Crippen molar-refractivity contribution in [2.45, 2.75) is 58.8 Å². The molecule has 0 aliphatic heterocycles. The van der Waals surface area contributed by atoms with Gasteiger partial charge in [-0.05, 0) is 114 Å². The van der Waals surface area contributed by atoms with E-state index in [1.165, 1.54) is 16.7 Å². The number of nitrogens with two attached hydrogens (primary N) is 1. The van der Waals surface area contributed by atoms with Crippen molar-refractivity contribution in [2.75, 3.05) is 5.73 Å². The number of anilines is 1. The number of hydrogen-bond donors (Lipinski definition) is 1. The molecule has 0 saturated carbocycles. The summed E-state index contributed by atoms with van der Waals surface area (Å²) in [5.74, 6) is 0. The summed E-state index contributed by atoms with van der Waals surface area (Å²) in [4.78, 5) is 0. The fourth-order valence-corrected chi connectivity index (χ4v) is 6.57. The average molecular weight is 831 g/mol. The van der Waals surface area contributed by atoms with Gasteiger partial charge in [0.2, 0.25) is 0 Å². The third kappa shape index (κ3) is 12.5. The van der Waals surface area contributed by atoms with Crippen molar-refractivity contribution < 1.29 is 0 Å². The maximum absolute atomic E-state index is 6.47. The molecule has 0 amide bonds. The Morgan fingerprint density at radius 3 is 1.33 bits per heavy atom. The van der Waals surface area contributed by atoms with E-state index < -0.39 is 0 Å². The molecule has 0 aromatic heterocycles. The van der Waals surface area contributed by atoms with Gasteiger partial charge in [-0.25, -0.2) is 0 Å². The molecule has 6 aromatic rings. The fourth-order valence-electron chi connectivity index (χ4n) is 5.25. The predicted molar refractivity (Wildman–Crippen MR) is 235 cm³/mol. The van der Waals surface area contributed by atoms with Gasteiger partial charge in [-0.15, -0.1) is 0 Å². The average Bonchev–Trinajstić information content (AvgIpc) is 3.10. The molecule has 2 N–H and O–H groups in total. The topological polar surface area (TPSA) is 26.0 Å². The molecule has 0 heterocycles. The first-order chi connectivity index (χ1) is 24.0. The highest BCUT2D eigenvalue weighted by atomic mass is 79.9. The second-order valence-electron chi connectivity index (χ2n) is 14.4. The summed E-state index contributed by atoms with van der Waals surface area (Å²) in [6, 6.07) is 45.0. The summed E-state index contributed by atoms with van der Waals surface area (Å²) >= 11 is 28.2. The van der Waals surface area contributed by atoms with Crippen molar-refractivity contribution in [3.05, 3.63) is 180 Å². The second-order valence-corrected chi connectivity index (χ2v) is 16.8. The highest BCUT2D eigenvalue weighted by molar-refractivity contribution is 9.10. The van der Waals surface area contributed by atoms with Crippen LogP contribution >= 0.6 is 62.3 Å². The van der Waals surface area contributed by atoms with E-state index >= 15 is 0 Å². The molecule has 0 bridgehead atoms. The van der Waals surface area contributed by atoms with E-state index in [0.717, 1.165) is 44.4 Å².